The van der Waals surface area contributed by atoms with Crippen LogP contribution in [0.3, 0.4) is 0 Å². The highest BCUT2D eigenvalue weighted by Crippen LogP contribution is 2.41. The highest BCUT2D eigenvalue weighted by Gasteiger charge is 2.18. The van der Waals surface area contributed by atoms with Gasteiger partial charge in [0.1, 0.15) is 0 Å². The molecular formula is C58H40N2. The number of nitrogens with zero attached hydrogens (tertiary/aromatic N) is 2. The molecule has 10 aromatic carbocycles. The molecule has 11 aromatic rings. The number of benzene rings is 10. The van der Waals surface area contributed by atoms with Gasteiger partial charge in [-0.05, 0) is 110 Å². The summed E-state index contributed by atoms with van der Waals surface area (Å²) in [6.07, 6.45) is 0. The minimum atomic E-state index is 1.09. The van der Waals surface area contributed by atoms with Crippen molar-refractivity contribution in [1.82, 2.24) is 4.57 Å². The van der Waals surface area contributed by atoms with Crippen LogP contribution in [-0.4, -0.2) is 4.57 Å². The molecule has 2 nitrogen and oxygen atoms in total. The summed E-state index contributed by atoms with van der Waals surface area (Å²) in [6, 6.07) is 87.8. The van der Waals surface area contributed by atoms with Gasteiger partial charge >= 0.3 is 0 Å². The fourth-order valence-electron chi connectivity index (χ4n) is 8.93. The minimum absolute atomic E-state index is 1.09. The van der Waals surface area contributed by atoms with E-state index in [1.165, 1.54) is 71.5 Å². The molecule has 0 N–H and O–H groups in total. The van der Waals surface area contributed by atoms with Crippen molar-refractivity contribution in [3.8, 4) is 50.2 Å². The number of aromatic nitrogens is 1. The van der Waals surface area contributed by atoms with Crippen molar-refractivity contribution < 1.29 is 0 Å². The Balaban J connectivity index is 1.01. The first kappa shape index (κ1) is 35.2. The third kappa shape index (κ3) is 6.32. The first-order valence-electron chi connectivity index (χ1n) is 20.6. The molecule has 0 spiro atoms. The van der Waals surface area contributed by atoms with Crippen LogP contribution in [-0.2, 0) is 0 Å². The molecule has 0 saturated carbocycles. The highest BCUT2D eigenvalue weighted by atomic mass is 15.1. The maximum atomic E-state index is 2.41. The van der Waals surface area contributed by atoms with Crippen LogP contribution < -0.4 is 4.90 Å². The van der Waals surface area contributed by atoms with Crippen molar-refractivity contribution in [2.75, 3.05) is 4.90 Å². The Bertz CT molecular complexity index is 3240. The van der Waals surface area contributed by atoms with E-state index in [0.29, 0.717) is 0 Å². The molecule has 0 atom stereocenters. The summed E-state index contributed by atoms with van der Waals surface area (Å²) >= 11 is 0. The second-order valence-electron chi connectivity index (χ2n) is 15.3. The van der Waals surface area contributed by atoms with Crippen molar-refractivity contribution in [1.29, 1.82) is 0 Å². The van der Waals surface area contributed by atoms with E-state index >= 15 is 0 Å². The summed E-state index contributed by atoms with van der Waals surface area (Å²) in [5.74, 6) is 0. The molecule has 282 valence electrons. The highest BCUT2D eigenvalue weighted by molar-refractivity contribution is 6.09. The zero-order valence-electron chi connectivity index (χ0n) is 33.0. The van der Waals surface area contributed by atoms with Crippen LogP contribution in [0.25, 0.3) is 82.8 Å². The molecule has 0 aliphatic heterocycles. The number of fused-ring (bicyclic) bond motifs is 4. The first-order valence-corrected chi connectivity index (χ1v) is 20.6. The van der Waals surface area contributed by atoms with E-state index in [9.17, 15) is 0 Å². The largest absolute Gasteiger partial charge is 0.310 e. The average molecular weight is 765 g/mol. The lowest BCUT2D eigenvalue weighted by atomic mass is 9.97. The molecule has 0 aliphatic carbocycles. The number of para-hydroxylation sites is 3. The third-order valence-electron chi connectivity index (χ3n) is 11.8. The van der Waals surface area contributed by atoms with Crippen molar-refractivity contribution in [2.24, 2.45) is 0 Å². The Hall–Kier alpha value is -7.94. The minimum Gasteiger partial charge on any atom is -0.310 e. The molecule has 0 aliphatic rings. The van der Waals surface area contributed by atoms with E-state index < -0.39 is 0 Å². The fourth-order valence-corrected chi connectivity index (χ4v) is 8.93. The van der Waals surface area contributed by atoms with Crippen molar-refractivity contribution >= 4 is 49.6 Å². The van der Waals surface area contributed by atoms with Crippen LogP contribution in [0.15, 0.2) is 243 Å². The summed E-state index contributed by atoms with van der Waals surface area (Å²) < 4.78 is 2.41. The van der Waals surface area contributed by atoms with Gasteiger partial charge < -0.3 is 9.47 Å². The number of hydrogen-bond donors (Lipinski definition) is 0. The molecule has 0 unspecified atom stereocenters. The van der Waals surface area contributed by atoms with E-state index in [1.807, 2.05) is 0 Å². The van der Waals surface area contributed by atoms with Gasteiger partial charge in [-0.1, -0.05) is 182 Å². The molecule has 60 heavy (non-hydrogen) atoms. The number of rotatable bonds is 8. The van der Waals surface area contributed by atoms with Crippen LogP contribution >= 0.6 is 0 Å². The summed E-state index contributed by atoms with van der Waals surface area (Å²) in [7, 11) is 0. The molecule has 0 radical (unpaired) electrons. The van der Waals surface area contributed by atoms with Gasteiger partial charge in [0.25, 0.3) is 0 Å². The van der Waals surface area contributed by atoms with E-state index in [2.05, 4.69) is 252 Å². The predicted octanol–water partition coefficient (Wildman–Crippen LogP) is 16.1. The maximum Gasteiger partial charge on any atom is 0.0541 e. The monoisotopic (exact) mass is 764 g/mol. The second kappa shape index (κ2) is 15.1. The van der Waals surface area contributed by atoms with Crippen LogP contribution in [0.5, 0.6) is 0 Å². The molecule has 0 fully saturated rings. The molecule has 1 aromatic heterocycles. The quantitative estimate of drug-likeness (QED) is 0.150. The molecule has 0 saturated heterocycles. The van der Waals surface area contributed by atoms with Crippen LogP contribution in [0.4, 0.5) is 17.1 Å². The molecular weight excluding hydrogens is 725 g/mol. The van der Waals surface area contributed by atoms with E-state index in [-0.39, 0.29) is 0 Å². The van der Waals surface area contributed by atoms with Gasteiger partial charge in [0, 0.05) is 33.4 Å². The SMILES string of the molecule is c1ccc(-c2cccc(-c3ccc(N(c4ccc(-c5ccccc5-n5c6ccccc6c6ccccc65)cc4)c4cccc(-c5cccc6ccccc56)c4)cc3)c2)cc1. The molecule has 0 bridgehead atoms. The van der Waals surface area contributed by atoms with Crippen LogP contribution in [0, 0.1) is 0 Å². The van der Waals surface area contributed by atoms with Gasteiger partial charge in [0.15, 0.2) is 0 Å². The third-order valence-corrected chi connectivity index (χ3v) is 11.8. The van der Waals surface area contributed by atoms with Crippen LogP contribution in [0.2, 0.25) is 0 Å². The van der Waals surface area contributed by atoms with Crippen molar-refractivity contribution in [3.63, 3.8) is 0 Å². The topological polar surface area (TPSA) is 8.17 Å². The summed E-state index contributed by atoms with van der Waals surface area (Å²) in [4.78, 5) is 2.38. The summed E-state index contributed by atoms with van der Waals surface area (Å²) in [5, 5.41) is 5.00. The second-order valence-corrected chi connectivity index (χ2v) is 15.3. The number of anilines is 3. The van der Waals surface area contributed by atoms with Crippen molar-refractivity contribution in [2.45, 2.75) is 0 Å². The first-order chi connectivity index (χ1) is 29.8. The van der Waals surface area contributed by atoms with E-state index in [4.69, 9.17) is 0 Å². The summed E-state index contributed by atoms with van der Waals surface area (Å²) in [5.41, 5.74) is 16.4. The summed E-state index contributed by atoms with van der Waals surface area (Å²) in [6.45, 7) is 0. The molecule has 2 heteroatoms. The molecule has 0 amide bonds. The zero-order chi connectivity index (χ0) is 39.8. The van der Waals surface area contributed by atoms with Crippen LogP contribution in [0.1, 0.15) is 0 Å². The smallest absolute Gasteiger partial charge is 0.0541 e. The lowest BCUT2D eigenvalue weighted by molar-refractivity contribution is 1.18. The Labute approximate surface area is 350 Å². The van der Waals surface area contributed by atoms with Gasteiger partial charge in [-0.25, -0.2) is 0 Å². The molecule has 1 heterocycles. The molecule has 11 rings (SSSR count). The van der Waals surface area contributed by atoms with E-state index in [1.54, 1.807) is 0 Å². The van der Waals surface area contributed by atoms with Crippen molar-refractivity contribution in [3.05, 3.63) is 243 Å². The number of hydrogen-bond acceptors (Lipinski definition) is 1. The zero-order valence-corrected chi connectivity index (χ0v) is 33.0. The lowest BCUT2D eigenvalue weighted by Crippen LogP contribution is -2.10. The van der Waals surface area contributed by atoms with E-state index in [0.717, 1.165) is 28.3 Å². The van der Waals surface area contributed by atoms with Gasteiger partial charge in [-0.3, -0.25) is 0 Å². The lowest BCUT2D eigenvalue weighted by Gasteiger charge is -2.27. The van der Waals surface area contributed by atoms with Gasteiger partial charge in [0.05, 0.1) is 16.7 Å². The standard InChI is InChI=1S/C58H40N2/c1-2-15-41(16-3-1)45-19-12-20-46(39-45)42-31-35-48(36-32-42)59(50-22-13-21-47(40-50)52-27-14-18-43-17-4-5-23-51(43)52)49-37-33-44(34-38-49)53-24-6-9-28-56(53)60-57-29-10-7-25-54(57)55-26-8-11-30-58(55)60/h1-40H. The van der Waals surface area contributed by atoms with Gasteiger partial charge in [-0.2, -0.15) is 0 Å². The maximum absolute atomic E-state index is 2.41. The Morgan fingerprint density at radius 2 is 0.750 bits per heavy atom. The Kier molecular flexibility index (Phi) is 8.87. The Morgan fingerprint density at radius 3 is 1.47 bits per heavy atom. The normalized spacial score (nSPS) is 11.3. The average Bonchev–Trinajstić information content (AvgIpc) is 3.66. The van der Waals surface area contributed by atoms with Gasteiger partial charge in [-0.15, -0.1) is 0 Å². The fraction of sp³-hybridized carbons (Fsp3) is 0. The predicted molar refractivity (Wildman–Crippen MR) is 255 cm³/mol. The Morgan fingerprint density at radius 1 is 0.267 bits per heavy atom. The van der Waals surface area contributed by atoms with Gasteiger partial charge in [0.2, 0.25) is 0 Å².